The van der Waals surface area contributed by atoms with Crippen LogP contribution in [0.5, 0.6) is 0 Å². The van der Waals surface area contributed by atoms with Crippen LogP contribution in [0.1, 0.15) is 11.1 Å². The molecule has 3 nitrogen and oxygen atoms in total. The van der Waals surface area contributed by atoms with Crippen LogP contribution in [-0.4, -0.2) is 12.1 Å². The molecule has 0 aliphatic heterocycles. The zero-order valence-electron chi connectivity index (χ0n) is 11.4. The van der Waals surface area contributed by atoms with Crippen molar-refractivity contribution >= 4 is 34.1 Å². The lowest BCUT2D eigenvalue weighted by Crippen LogP contribution is -2.19. The Balaban J connectivity index is 1.84. The average Bonchev–Trinajstić information content (AvgIpc) is 2.49. The lowest BCUT2D eigenvalue weighted by molar-refractivity contribution is -0.120. The van der Waals surface area contributed by atoms with E-state index in [2.05, 4.69) is 26.5 Å². The van der Waals surface area contributed by atoms with E-state index in [1.165, 1.54) is 0 Å². The predicted molar refractivity (Wildman–Crippen MR) is 90.1 cm³/mol. The second-order valence-corrected chi connectivity index (χ2v) is 5.31. The van der Waals surface area contributed by atoms with Gasteiger partial charge in [0.05, 0.1) is 12.6 Å². The first kappa shape index (κ1) is 15.2. The van der Waals surface area contributed by atoms with Gasteiger partial charge < -0.3 is 0 Å². The molecule has 0 spiro atoms. The predicted octanol–water partition coefficient (Wildman–Crippen LogP) is 3.77. The van der Waals surface area contributed by atoms with Crippen molar-refractivity contribution in [1.29, 1.82) is 0 Å². The second-order valence-electron chi connectivity index (χ2n) is 4.40. The topological polar surface area (TPSA) is 41.5 Å². The van der Waals surface area contributed by atoms with Crippen LogP contribution in [0.15, 0.2) is 70.2 Å². The lowest BCUT2D eigenvalue weighted by Gasteiger charge is -1.99. The Hall–Kier alpha value is -2.20. The molecule has 2 rings (SSSR count). The lowest BCUT2D eigenvalue weighted by atomic mass is 10.1. The molecule has 2 aromatic rings. The van der Waals surface area contributed by atoms with Gasteiger partial charge in [0.25, 0.3) is 0 Å². The summed E-state index contributed by atoms with van der Waals surface area (Å²) in [5.41, 5.74) is 4.53. The first-order valence-corrected chi connectivity index (χ1v) is 7.31. The molecule has 0 aromatic heterocycles. The molecular formula is C17H15BrN2O. The van der Waals surface area contributed by atoms with Crippen LogP contribution in [0.4, 0.5) is 0 Å². The number of rotatable bonds is 5. The minimum atomic E-state index is -0.141. The minimum Gasteiger partial charge on any atom is -0.273 e. The summed E-state index contributed by atoms with van der Waals surface area (Å²) in [7, 11) is 0. The molecule has 0 heterocycles. The van der Waals surface area contributed by atoms with E-state index in [4.69, 9.17) is 0 Å². The zero-order valence-corrected chi connectivity index (χ0v) is 13.0. The number of allylic oxidation sites excluding steroid dienone is 1. The van der Waals surface area contributed by atoms with Gasteiger partial charge in [0.15, 0.2) is 0 Å². The first-order valence-electron chi connectivity index (χ1n) is 6.52. The highest BCUT2D eigenvalue weighted by Gasteiger charge is 2.00. The number of hydrazone groups is 1. The fourth-order valence-electron chi connectivity index (χ4n) is 1.73. The number of benzene rings is 2. The molecule has 0 radical (unpaired) electrons. The molecule has 0 atom stereocenters. The van der Waals surface area contributed by atoms with Crippen molar-refractivity contribution in [3.63, 3.8) is 0 Å². The Kier molecular flexibility index (Phi) is 5.91. The standard InChI is InChI=1S/C17H15BrN2O/c18-16(11-14-7-3-1-4-8-14)13-19-20-17(21)12-15-9-5-2-6-10-15/h1-11,13H,12H2,(H,20,21). The molecule has 2 aromatic carbocycles. The maximum Gasteiger partial charge on any atom is 0.244 e. The number of hydrogen-bond donors (Lipinski definition) is 1. The van der Waals surface area contributed by atoms with Crippen LogP contribution in [0.3, 0.4) is 0 Å². The molecule has 0 fully saturated rings. The smallest absolute Gasteiger partial charge is 0.244 e. The summed E-state index contributed by atoms with van der Waals surface area (Å²) in [5.74, 6) is -0.141. The average molecular weight is 343 g/mol. The number of carbonyl (C=O) groups is 1. The molecule has 0 aliphatic rings. The van der Waals surface area contributed by atoms with E-state index >= 15 is 0 Å². The van der Waals surface area contributed by atoms with Gasteiger partial charge >= 0.3 is 0 Å². The maximum atomic E-state index is 11.7. The van der Waals surface area contributed by atoms with Gasteiger partial charge in [-0.15, -0.1) is 0 Å². The van der Waals surface area contributed by atoms with Crippen molar-refractivity contribution in [3.8, 4) is 0 Å². The van der Waals surface area contributed by atoms with Crippen LogP contribution < -0.4 is 5.43 Å². The van der Waals surface area contributed by atoms with Crippen molar-refractivity contribution in [2.75, 3.05) is 0 Å². The molecule has 4 heteroatoms. The molecule has 0 unspecified atom stereocenters. The van der Waals surface area contributed by atoms with Crippen molar-refractivity contribution in [2.24, 2.45) is 5.10 Å². The molecule has 0 aliphatic carbocycles. The highest BCUT2D eigenvalue weighted by Crippen LogP contribution is 2.09. The monoisotopic (exact) mass is 342 g/mol. The molecule has 0 saturated heterocycles. The highest BCUT2D eigenvalue weighted by molar-refractivity contribution is 9.12. The Morgan fingerprint density at radius 3 is 2.33 bits per heavy atom. The number of nitrogens with one attached hydrogen (secondary N) is 1. The van der Waals surface area contributed by atoms with Crippen molar-refractivity contribution in [1.82, 2.24) is 5.43 Å². The number of hydrogen-bond acceptors (Lipinski definition) is 2. The summed E-state index contributed by atoms with van der Waals surface area (Å²) in [6.45, 7) is 0. The third-order valence-corrected chi connectivity index (χ3v) is 3.12. The van der Waals surface area contributed by atoms with E-state index in [0.29, 0.717) is 6.42 Å². The van der Waals surface area contributed by atoms with Gasteiger partial charge in [0, 0.05) is 4.48 Å². The summed E-state index contributed by atoms with van der Waals surface area (Å²) in [6, 6.07) is 19.4. The van der Waals surface area contributed by atoms with Crippen LogP contribution in [0, 0.1) is 0 Å². The molecule has 106 valence electrons. The van der Waals surface area contributed by atoms with E-state index in [1.807, 2.05) is 66.7 Å². The van der Waals surface area contributed by atoms with Crippen molar-refractivity contribution < 1.29 is 4.79 Å². The van der Waals surface area contributed by atoms with Crippen LogP contribution in [0.2, 0.25) is 0 Å². The van der Waals surface area contributed by atoms with Gasteiger partial charge in [-0.3, -0.25) is 4.79 Å². The number of amides is 1. The van der Waals surface area contributed by atoms with Gasteiger partial charge in [-0.25, -0.2) is 5.43 Å². The van der Waals surface area contributed by atoms with Crippen molar-refractivity contribution in [3.05, 3.63) is 76.3 Å². The minimum absolute atomic E-state index is 0.141. The SMILES string of the molecule is O=C(Cc1ccccc1)NN=CC(Br)=Cc1ccccc1. The number of carbonyl (C=O) groups excluding carboxylic acids is 1. The van der Waals surface area contributed by atoms with Gasteiger partial charge in [-0.2, -0.15) is 5.10 Å². The summed E-state index contributed by atoms with van der Waals surface area (Å²) in [6.07, 6.45) is 3.81. The first-order chi connectivity index (χ1) is 10.2. The summed E-state index contributed by atoms with van der Waals surface area (Å²) in [4.78, 5) is 11.7. The second kappa shape index (κ2) is 8.17. The van der Waals surface area contributed by atoms with Crippen molar-refractivity contribution in [2.45, 2.75) is 6.42 Å². The largest absolute Gasteiger partial charge is 0.273 e. The number of nitrogens with zero attached hydrogens (tertiary/aromatic N) is 1. The summed E-state index contributed by atoms with van der Waals surface area (Å²) < 4.78 is 0.786. The fourth-order valence-corrected chi connectivity index (χ4v) is 2.10. The fraction of sp³-hybridized carbons (Fsp3) is 0.0588. The van der Waals surface area contributed by atoms with E-state index in [9.17, 15) is 4.79 Å². The third-order valence-electron chi connectivity index (χ3n) is 2.69. The van der Waals surface area contributed by atoms with E-state index in [-0.39, 0.29) is 5.91 Å². The number of halogens is 1. The Morgan fingerprint density at radius 2 is 1.67 bits per heavy atom. The van der Waals surface area contributed by atoms with Gasteiger partial charge in [0.1, 0.15) is 0 Å². The Bertz CT molecular complexity index is 636. The van der Waals surface area contributed by atoms with E-state index in [1.54, 1.807) is 6.21 Å². The quantitative estimate of drug-likeness (QED) is 0.652. The Morgan fingerprint density at radius 1 is 1.05 bits per heavy atom. The van der Waals surface area contributed by atoms with Crippen LogP contribution >= 0.6 is 15.9 Å². The molecular weight excluding hydrogens is 328 g/mol. The summed E-state index contributed by atoms with van der Waals surface area (Å²) in [5, 5.41) is 3.92. The molecule has 0 saturated carbocycles. The zero-order chi connectivity index (χ0) is 14.9. The molecule has 1 N–H and O–H groups in total. The molecule has 1 amide bonds. The third kappa shape index (κ3) is 5.75. The van der Waals surface area contributed by atoms with E-state index < -0.39 is 0 Å². The molecule has 21 heavy (non-hydrogen) atoms. The van der Waals surface area contributed by atoms with E-state index in [0.717, 1.165) is 15.6 Å². The highest BCUT2D eigenvalue weighted by atomic mass is 79.9. The summed E-state index contributed by atoms with van der Waals surface area (Å²) >= 11 is 3.39. The van der Waals surface area contributed by atoms with Gasteiger partial charge in [-0.05, 0) is 33.1 Å². The van der Waals surface area contributed by atoms with Gasteiger partial charge in [0.2, 0.25) is 5.91 Å². The van der Waals surface area contributed by atoms with Gasteiger partial charge in [-0.1, -0.05) is 60.7 Å². The molecule has 0 bridgehead atoms. The normalized spacial score (nSPS) is 11.6. The van der Waals surface area contributed by atoms with Crippen LogP contribution in [-0.2, 0) is 11.2 Å². The Labute approximate surface area is 132 Å². The van der Waals surface area contributed by atoms with Crippen LogP contribution in [0.25, 0.3) is 6.08 Å². The maximum absolute atomic E-state index is 11.7.